The van der Waals surface area contributed by atoms with Gasteiger partial charge in [-0.1, -0.05) is 60.1 Å². The fraction of sp³-hybridized carbons (Fsp3) is 0.792. The van der Waals surface area contributed by atoms with Crippen LogP contribution in [0.1, 0.15) is 151 Å². The van der Waals surface area contributed by atoms with Gasteiger partial charge in [0.1, 0.15) is 6.10 Å². The summed E-state index contributed by atoms with van der Waals surface area (Å²) in [6.45, 7) is 25.4. The normalized spacial score (nSPS) is 35.9. The first-order valence-corrected chi connectivity index (χ1v) is 22.0. The van der Waals surface area contributed by atoms with E-state index in [9.17, 15) is 19.5 Å². The summed E-state index contributed by atoms with van der Waals surface area (Å²) in [6, 6.07) is 4.48. The molecule has 5 aliphatic carbocycles. The Kier molecular flexibility index (Phi) is 11.7. The number of hydrogen-bond acceptors (Lipinski definition) is 7. The van der Waals surface area contributed by atoms with Crippen molar-refractivity contribution in [2.24, 2.45) is 56.2 Å². The smallest absolute Gasteiger partial charge is 0.309 e. The molecule has 6 rings (SSSR count). The molecule has 0 saturated heterocycles. The number of pyridine rings is 1. The number of rotatable bonds is 13. The molecule has 0 amide bonds. The van der Waals surface area contributed by atoms with Crippen LogP contribution in [-0.4, -0.2) is 77.4 Å². The van der Waals surface area contributed by atoms with Crippen molar-refractivity contribution in [3.63, 3.8) is 0 Å². The van der Waals surface area contributed by atoms with Crippen LogP contribution in [0, 0.1) is 56.2 Å². The number of carbonyl (C=O) groups excluding carboxylic acids is 2. The highest BCUT2D eigenvalue weighted by Crippen LogP contribution is 2.77. The number of nitrogens with zero attached hydrogens (tertiary/aromatic N) is 3. The number of ether oxygens (including phenoxy) is 1. The summed E-state index contributed by atoms with van der Waals surface area (Å²) in [5, 5.41) is 9.65. The molecule has 4 saturated carbocycles. The van der Waals surface area contributed by atoms with Gasteiger partial charge in [-0.15, -0.1) is 0 Å². The van der Waals surface area contributed by atoms with Crippen molar-refractivity contribution < 1.29 is 24.2 Å². The highest BCUT2D eigenvalue weighted by molar-refractivity contribution is 6.00. The van der Waals surface area contributed by atoms with Gasteiger partial charge >= 0.3 is 11.9 Å². The number of Topliss-reactive ketones (excluding diaryl/α,β-unsaturated/α-hetero) is 1. The first-order chi connectivity index (χ1) is 26.0. The molecule has 9 atom stereocenters. The second-order valence-electron chi connectivity index (χ2n) is 21.7. The molecular formula is C48H75N3O5. The highest BCUT2D eigenvalue weighted by Gasteiger charge is 2.70. The summed E-state index contributed by atoms with van der Waals surface area (Å²) in [4.78, 5) is 48.6. The van der Waals surface area contributed by atoms with Gasteiger partial charge in [0.15, 0.2) is 5.78 Å². The largest absolute Gasteiger partial charge is 0.481 e. The number of fused-ring (bicyclic) bond motifs is 7. The zero-order chi connectivity index (χ0) is 41.2. The van der Waals surface area contributed by atoms with E-state index in [1.807, 2.05) is 18.5 Å². The Bertz CT molecular complexity index is 1680. The molecule has 0 aromatic carbocycles. The van der Waals surface area contributed by atoms with E-state index in [4.69, 9.17) is 4.74 Å². The van der Waals surface area contributed by atoms with Crippen molar-refractivity contribution in [2.45, 2.75) is 152 Å². The second kappa shape index (κ2) is 15.2. The van der Waals surface area contributed by atoms with E-state index in [-0.39, 0.29) is 51.6 Å². The summed E-state index contributed by atoms with van der Waals surface area (Å²) < 4.78 is 6.21. The third kappa shape index (κ3) is 7.13. The van der Waals surface area contributed by atoms with Crippen LogP contribution in [0.15, 0.2) is 35.7 Å². The molecular weight excluding hydrogens is 699 g/mol. The predicted molar refractivity (Wildman–Crippen MR) is 223 cm³/mol. The van der Waals surface area contributed by atoms with Gasteiger partial charge in [-0.2, -0.15) is 0 Å². The number of aromatic nitrogens is 1. The fourth-order valence-corrected chi connectivity index (χ4v) is 13.9. The van der Waals surface area contributed by atoms with Gasteiger partial charge in [-0.3, -0.25) is 24.3 Å². The van der Waals surface area contributed by atoms with Crippen molar-refractivity contribution >= 4 is 17.7 Å². The van der Waals surface area contributed by atoms with Crippen molar-refractivity contribution in [2.75, 3.05) is 33.7 Å². The molecule has 56 heavy (non-hydrogen) atoms. The minimum Gasteiger partial charge on any atom is -0.481 e. The number of ketones is 1. The summed E-state index contributed by atoms with van der Waals surface area (Å²) in [5.41, 5.74) is 2.86. The van der Waals surface area contributed by atoms with Crippen LogP contribution in [-0.2, 0) is 19.1 Å². The molecule has 5 aliphatic rings. The minimum atomic E-state index is -1.15. The molecule has 8 heteroatoms. The van der Waals surface area contributed by atoms with Gasteiger partial charge in [-0.05, 0) is 156 Å². The summed E-state index contributed by atoms with van der Waals surface area (Å²) in [5.74, 6) is 0.621. The molecule has 1 N–H and O–H groups in total. The second-order valence-corrected chi connectivity index (χ2v) is 21.7. The average molecular weight is 774 g/mol. The topological polar surface area (TPSA) is 100 Å². The molecule has 1 aromatic rings. The van der Waals surface area contributed by atoms with Crippen molar-refractivity contribution in [1.29, 1.82) is 0 Å². The van der Waals surface area contributed by atoms with Crippen molar-refractivity contribution in [3.05, 3.63) is 41.2 Å². The van der Waals surface area contributed by atoms with E-state index in [0.29, 0.717) is 30.0 Å². The van der Waals surface area contributed by atoms with Gasteiger partial charge in [0.25, 0.3) is 0 Å². The molecule has 4 fully saturated rings. The average Bonchev–Trinajstić information content (AvgIpc) is 3.41. The molecule has 1 aromatic heterocycles. The molecule has 2 unspecified atom stereocenters. The first-order valence-electron chi connectivity index (χ1n) is 22.0. The SMILES string of the molecule is CC(C)C1=C2[C@H]3CCC4[C@@]5(C)CC[C@H](OC(=O)CC(C)(C)C(=O)O)C(C)(C)C5CC[C@@]4(C)[C@]3(C)CC[C@@]2(CCN(CCN(C)C)[C@@H](C)c2cccnc2)CC1=O. The monoisotopic (exact) mass is 774 g/mol. The van der Waals surface area contributed by atoms with Crippen LogP contribution < -0.4 is 0 Å². The zero-order valence-electron chi connectivity index (χ0n) is 37.1. The van der Waals surface area contributed by atoms with Gasteiger partial charge < -0.3 is 14.7 Å². The Labute approximate surface area is 339 Å². The molecule has 8 nitrogen and oxygen atoms in total. The van der Waals surface area contributed by atoms with E-state index in [2.05, 4.69) is 90.3 Å². The number of hydrogen-bond donors (Lipinski definition) is 1. The van der Waals surface area contributed by atoms with Gasteiger partial charge in [0.2, 0.25) is 0 Å². The van der Waals surface area contributed by atoms with E-state index < -0.39 is 17.4 Å². The highest BCUT2D eigenvalue weighted by atomic mass is 16.5. The standard InChI is InChI=1S/C48H75N3O5/c1-31(2)40-35(52)28-48(23-25-51(27-26-50(11)12)32(3)33-14-13-24-49-30-33)22-21-46(9)34(41(40)48)15-16-37-45(8)19-18-38(56-39(53)29-43(4,5)42(54)55)44(6,7)36(45)17-20-47(37,46)10/h13-14,24,30-32,34,36-38H,15-23,25-29H2,1-12H3,(H,54,55)/t32-,34+,36?,37?,38-,45-,46+,47+,48+/m0/s1. The Hall–Kier alpha value is -2.58. The van der Waals surface area contributed by atoms with Crippen LogP contribution in [0.4, 0.5) is 0 Å². The number of esters is 1. The fourth-order valence-electron chi connectivity index (χ4n) is 13.9. The maximum Gasteiger partial charge on any atom is 0.309 e. The Morgan fingerprint density at radius 3 is 2.27 bits per heavy atom. The quantitative estimate of drug-likeness (QED) is 0.198. The maximum atomic E-state index is 14.3. The van der Waals surface area contributed by atoms with Crippen LogP contribution in [0.2, 0.25) is 0 Å². The van der Waals surface area contributed by atoms with Crippen molar-refractivity contribution in [3.8, 4) is 0 Å². The number of carboxylic acid groups (broad SMARTS) is 1. The number of aliphatic carboxylic acids is 1. The summed E-state index contributed by atoms with van der Waals surface area (Å²) in [6.07, 6.45) is 13.8. The van der Waals surface area contributed by atoms with Gasteiger partial charge in [-0.25, -0.2) is 0 Å². The summed E-state index contributed by atoms with van der Waals surface area (Å²) in [7, 11) is 4.30. The number of likely N-dealkylation sites (N-methyl/N-ethyl adjacent to an activating group) is 1. The van der Waals surface area contributed by atoms with Crippen LogP contribution in [0.5, 0.6) is 0 Å². The molecule has 0 aliphatic heterocycles. The molecule has 0 radical (unpaired) electrons. The first kappa shape index (κ1) is 43.0. The predicted octanol–water partition coefficient (Wildman–Crippen LogP) is 9.79. The van der Waals surface area contributed by atoms with E-state index >= 15 is 0 Å². The lowest BCUT2D eigenvalue weighted by molar-refractivity contribution is -0.233. The molecule has 0 spiro atoms. The van der Waals surface area contributed by atoms with Gasteiger partial charge in [0.05, 0.1) is 11.8 Å². The number of carboxylic acids is 1. The van der Waals surface area contributed by atoms with E-state index in [0.717, 1.165) is 76.6 Å². The Morgan fingerprint density at radius 2 is 1.64 bits per heavy atom. The third-order valence-corrected chi connectivity index (χ3v) is 17.4. The minimum absolute atomic E-state index is 0.0741. The third-order valence-electron chi connectivity index (χ3n) is 17.4. The van der Waals surface area contributed by atoms with Crippen molar-refractivity contribution in [1.82, 2.24) is 14.8 Å². The molecule has 0 bridgehead atoms. The summed E-state index contributed by atoms with van der Waals surface area (Å²) >= 11 is 0. The maximum absolute atomic E-state index is 14.3. The van der Waals surface area contributed by atoms with Crippen LogP contribution in [0.3, 0.4) is 0 Å². The van der Waals surface area contributed by atoms with Gasteiger partial charge in [0, 0.05) is 48.8 Å². The molecule has 1 heterocycles. The van der Waals surface area contributed by atoms with Crippen LogP contribution in [0.25, 0.3) is 0 Å². The Morgan fingerprint density at radius 1 is 0.929 bits per heavy atom. The Balaban J connectivity index is 1.27. The lowest BCUT2D eigenvalue weighted by atomic mass is 9.33. The number of allylic oxidation sites excluding steroid dienone is 2. The number of carbonyl (C=O) groups is 3. The zero-order valence-corrected chi connectivity index (χ0v) is 37.1. The van der Waals surface area contributed by atoms with E-state index in [1.165, 1.54) is 12.0 Å². The lowest BCUT2D eigenvalue weighted by Crippen LogP contribution is -2.65. The molecule has 312 valence electrons. The van der Waals surface area contributed by atoms with Crippen LogP contribution >= 0.6 is 0 Å². The lowest BCUT2D eigenvalue weighted by Gasteiger charge is -2.72. The van der Waals surface area contributed by atoms with E-state index in [1.54, 1.807) is 19.4 Å².